The molecule has 2 unspecified atom stereocenters. The van der Waals surface area contributed by atoms with E-state index >= 15 is 0 Å². The molecule has 0 aliphatic carbocycles. The largest absolute Gasteiger partial charge is 0.322 e. The maximum atomic E-state index is 12.7. The summed E-state index contributed by atoms with van der Waals surface area (Å²) in [5.74, 6) is 0.457. The van der Waals surface area contributed by atoms with Crippen molar-refractivity contribution in [2.75, 3.05) is 11.9 Å². The molecule has 0 bridgehead atoms. The van der Waals surface area contributed by atoms with Crippen molar-refractivity contribution in [3.05, 3.63) is 65.9 Å². The number of rotatable bonds is 5. The Morgan fingerprint density at radius 2 is 2.07 bits per heavy atom. The standard InChI is InChI=1S/C22H25N5O/c1-15-8-9-18(11-20(15)22(28)24-19-6-4-3-5-7-19)21-14-27(26-25-21)13-17-10-16(2)23-12-17/h3-9,11,14,16-17,23H,10,12-13H2,1-2H3,(H,24,28). The monoisotopic (exact) mass is 375 g/mol. The van der Waals surface area contributed by atoms with Gasteiger partial charge in [-0.05, 0) is 49.9 Å². The van der Waals surface area contributed by atoms with Gasteiger partial charge in [0.25, 0.3) is 5.91 Å². The van der Waals surface area contributed by atoms with E-state index in [1.165, 1.54) is 0 Å². The maximum Gasteiger partial charge on any atom is 0.255 e. The predicted molar refractivity (Wildman–Crippen MR) is 110 cm³/mol. The topological polar surface area (TPSA) is 71.8 Å². The number of nitrogens with zero attached hydrogens (tertiary/aromatic N) is 3. The van der Waals surface area contributed by atoms with Crippen molar-refractivity contribution >= 4 is 11.6 Å². The van der Waals surface area contributed by atoms with Crippen LogP contribution in [0.4, 0.5) is 5.69 Å². The zero-order valence-electron chi connectivity index (χ0n) is 16.2. The second kappa shape index (κ2) is 7.94. The molecule has 2 atom stereocenters. The lowest BCUT2D eigenvalue weighted by Crippen LogP contribution is -2.17. The highest BCUT2D eigenvalue weighted by molar-refractivity contribution is 6.05. The predicted octanol–water partition coefficient (Wildman–Crippen LogP) is 3.50. The van der Waals surface area contributed by atoms with Gasteiger partial charge < -0.3 is 10.6 Å². The van der Waals surface area contributed by atoms with E-state index in [0.29, 0.717) is 17.5 Å². The number of aromatic nitrogens is 3. The van der Waals surface area contributed by atoms with Crippen LogP contribution in [0.15, 0.2) is 54.7 Å². The molecule has 4 rings (SSSR count). The number of para-hydroxylation sites is 1. The fourth-order valence-corrected chi connectivity index (χ4v) is 3.70. The summed E-state index contributed by atoms with van der Waals surface area (Å²) in [4.78, 5) is 12.7. The van der Waals surface area contributed by atoms with Gasteiger partial charge in [0.15, 0.2) is 0 Å². The van der Waals surface area contributed by atoms with Crippen LogP contribution in [0.3, 0.4) is 0 Å². The molecule has 1 aliphatic rings. The summed E-state index contributed by atoms with van der Waals surface area (Å²) in [6.07, 6.45) is 3.12. The number of benzene rings is 2. The first-order valence-electron chi connectivity index (χ1n) is 9.69. The molecule has 2 aromatic carbocycles. The van der Waals surface area contributed by atoms with Gasteiger partial charge in [-0.15, -0.1) is 5.10 Å². The Kier molecular flexibility index (Phi) is 5.21. The minimum absolute atomic E-state index is 0.121. The van der Waals surface area contributed by atoms with Crippen LogP contribution in [0.5, 0.6) is 0 Å². The van der Waals surface area contributed by atoms with Gasteiger partial charge >= 0.3 is 0 Å². The third-order valence-corrected chi connectivity index (χ3v) is 5.24. The second-order valence-corrected chi connectivity index (χ2v) is 7.59. The van der Waals surface area contributed by atoms with Gasteiger partial charge in [-0.3, -0.25) is 9.48 Å². The van der Waals surface area contributed by atoms with Crippen LogP contribution in [0.25, 0.3) is 11.3 Å². The molecule has 3 aromatic rings. The molecule has 1 saturated heterocycles. The summed E-state index contributed by atoms with van der Waals surface area (Å²) in [6, 6.07) is 15.9. The molecule has 0 spiro atoms. The molecule has 1 aliphatic heterocycles. The van der Waals surface area contributed by atoms with Gasteiger partial charge in [-0.2, -0.15) is 0 Å². The Hall–Kier alpha value is -2.99. The number of nitrogens with one attached hydrogen (secondary N) is 2. The minimum Gasteiger partial charge on any atom is -0.322 e. The molecule has 0 saturated carbocycles. The van der Waals surface area contributed by atoms with Gasteiger partial charge in [-0.1, -0.05) is 35.5 Å². The molecular weight excluding hydrogens is 350 g/mol. The Bertz CT molecular complexity index is 966. The highest BCUT2D eigenvalue weighted by Gasteiger charge is 2.21. The van der Waals surface area contributed by atoms with Crippen molar-refractivity contribution < 1.29 is 4.79 Å². The molecule has 2 N–H and O–H groups in total. The maximum absolute atomic E-state index is 12.7. The van der Waals surface area contributed by atoms with Crippen molar-refractivity contribution in [1.82, 2.24) is 20.3 Å². The lowest BCUT2D eigenvalue weighted by atomic mass is 10.0. The summed E-state index contributed by atoms with van der Waals surface area (Å²) < 4.78 is 1.91. The van der Waals surface area contributed by atoms with Gasteiger partial charge in [0, 0.05) is 35.9 Å². The van der Waals surface area contributed by atoms with Gasteiger partial charge in [0.05, 0.1) is 6.20 Å². The van der Waals surface area contributed by atoms with Gasteiger partial charge in [0.2, 0.25) is 0 Å². The van der Waals surface area contributed by atoms with Crippen molar-refractivity contribution in [2.24, 2.45) is 5.92 Å². The lowest BCUT2D eigenvalue weighted by Gasteiger charge is -2.09. The average Bonchev–Trinajstić information content (AvgIpc) is 3.32. The Balaban J connectivity index is 1.51. The van der Waals surface area contributed by atoms with E-state index in [-0.39, 0.29) is 5.91 Å². The molecule has 2 heterocycles. The minimum atomic E-state index is -0.121. The number of hydrogen-bond acceptors (Lipinski definition) is 4. The van der Waals surface area contributed by atoms with Crippen molar-refractivity contribution in [3.63, 3.8) is 0 Å². The quantitative estimate of drug-likeness (QED) is 0.716. The smallest absolute Gasteiger partial charge is 0.255 e. The van der Waals surface area contributed by atoms with E-state index in [0.717, 1.165) is 42.0 Å². The van der Waals surface area contributed by atoms with Gasteiger partial charge in [0.1, 0.15) is 5.69 Å². The zero-order chi connectivity index (χ0) is 19.5. The molecule has 6 heteroatoms. The Labute approximate surface area is 165 Å². The molecule has 1 fully saturated rings. The number of hydrogen-bond donors (Lipinski definition) is 2. The fourth-order valence-electron chi connectivity index (χ4n) is 3.70. The molecular formula is C22H25N5O. The number of anilines is 1. The lowest BCUT2D eigenvalue weighted by molar-refractivity contribution is 0.102. The van der Waals surface area contributed by atoms with Crippen LogP contribution in [0.2, 0.25) is 0 Å². The van der Waals surface area contributed by atoms with Crippen LogP contribution in [0, 0.1) is 12.8 Å². The van der Waals surface area contributed by atoms with E-state index in [2.05, 4.69) is 27.9 Å². The highest BCUT2D eigenvalue weighted by atomic mass is 16.1. The number of carbonyl (C=O) groups is 1. The van der Waals surface area contributed by atoms with E-state index in [9.17, 15) is 4.79 Å². The summed E-state index contributed by atoms with van der Waals surface area (Å²) >= 11 is 0. The Morgan fingerprint density at radius 1 is 1.25 bits per heavy atom. The van der Waals surface area contributed by atoms with Crippen molar-refractivity contribution in [2.45, 2.75) is 32.9 Å². The summed E-state index contributed by atoms with van der Waals surface area (Å²) in [5, 5.41) is 15.0. The zero-order valence-corrected chi connectivity index (χ0v) is 16.2. The normalized spacial score (nSPS) is 18.9. The molecule has 144 valence electrons. The molecule has 1 amide bonds. The number of amides is 1. The van der Waals surface area contributed by atoms with Crippen LogP contribution in [0.1, 0.15) is 29.3 Å². The first-order chi connectivity index (χ1) is 13.6. The fraction of sp³-hybridized carbons (Fsp3) is 0.318. The highest BCUT2D eigenvalue weighted by Crippen LogP contribution is 2.22. The number of aryl methyl sites for hydroxylation is 1. The van der Waals surface area contributed by atoms with Crippen LogP contribution in [-0.2, 0) is 6.54 Å². The third-order valence-electron chi connectivity index (χ3n) is 5.24. The van der Waals surface area contributed by atoms with E-state index < -0.39 is 0 Å². The molecule has 0 radical (unpaired) electrons. The average molecular weight is 375 g/mol. The molecule has 1 aromatic heterocycles. The SMILES string of the molecule is Cc1ccc(-c2cn(CC3CNC(C)C3)nn2)cc1C(=O)Nc1ccccc1. The van der Waals surface area contributed by atoms with Crippen LogP contribution < -0.4 is 10.6 Å². The van der Waals surface area contributed by atoms with E-state index in [4.69, 9.17) is 0 Å². The summed E-state index contributed by atoms with van der Waals surface area (Å²) in [7, 11) is 0. The summed E-state index contributed by atoms with van der Waals surface area (Å²) in [5.41, 5.74) is 4.03. The first-order valence-corrected chi connectivity index (χ1v) is 9.69. The van der Waals surface area contributed by atoms with E-state index in [1.807, 2.05) is 66.3 Å². The third kappa shape index (κ3) is 4.12. The summed E-state index contributed by atoms with van der Waals surface area (Å²) in [6.45, 7) is 6.03. The number of carbonyl (C=O) groups excluding carboxylic acids is 1. The molecule has 28 heavy (non-hydrogen) atoms. The molecule has 6 nitrogen and oxygen atoms in total. The first kappa shape index (κ1) is 18.4. The Morgan fingerprint density at radius 3 is 2.82 bits per heavy atom. The van der Waals surface area contributed by atoms with Crippen LogP contribution >= 0.6 is 0 Å². The van der Waals surface area contributed by atoms with E-state index in [1.54, 1.807) is 0 Å². The van der Waals surface area contributed by atoms with Crippen LogP contribution in [-0.4, -0.2) is 33.5 Å². The second-order valence-electron chi connectivity index (χ2n) is 7.59. The van der Waals surface area contributed by atoms with Crippen molar-refractivity contribution in [3.8, 4) is 11.3 Å². The van der Waals surface area contributed by atoms with Gasteiger partial charge in [-0.25, -0.2) is 0 Å². The van der Waals surface area contributed by atoms with Crippen molar-refractivity contribution in [1.29, 1.82) is 0 Å².